The maximum Gasteiger partial charge on any atom is 0.270 e. The molecule has 0 radical (unpaired) electrons. The molecule has 0 aliphatic carbocycles. The first-order chi connectivity index (χ1) is 10.8. The first-order valence-electron chi connectivity index (χ1n) is 7.28. The Hall–Kier alpha value is -1.55. The van der Waals surface area contributed by atoms with Crippen molar-refractivity contribution in [2.75, 3.05) is 26.8 Å². The Kier molecular flexibility index (Phi) is 5.35. The molecule has 1 aliphatic heterocycles. The summed E-state index contributed by atoms with van der Waals surface area (Å²) in [7, 11) is -2.27. The summed E-state index contributed by atoms with van der Waals surface area (Å²) >= 11 is 0. The van der Waals surface area contributed by atoms with Crippen LogP contribution in [0.5, 0.6) is 0 Å². The number of rotatable bonds is 7. The van der Waals surface area contributed by atoms with E-state index in [1.54, 1.807) is 14.0 Å². The lowest BCUT2D eigenvalue weighted by atomic mass is 9.99. The van der Waals surface area contributed by atoms with Crippen molar-refractivity contribution in [2.24, 2.45) is 0 Å². The van der Waals surface area contributed by atoms with Crippen LogP contribution in [-0.2, 0) is 14.8 Å². The minimum atomic E-state index is -3.84. The van der Waals surface area contributed by atoms with E-state index in [0.717, 1.165) is 25.5 Å². The molecule has 1 aromatic carbocycles. The van der Waals surface area contributed by atoms with Crippen LogP contribution in [0.25, 0.3) is 0 Å². The van der Waals surface area contributed by atoms with Gasteiger partial charge >= 0.3 is 0 Å². The van der Waals surface area contributed by atoms with E-state index in [2.05, 4.69) is 10.0 Å². The van der Waals surface area contributed by atoms with Gasteiger partial charge in [-0.1, -0.05) is 6.07 Å². The number of non-ortho nitro benzene ring substituents is 1. The molecule has 1 heterocycles. The van der Waals surface area contributed by atoms with E-state index in [0.29, 0.717) is 12.2 Å². The molecular weight excluding hydrogens is 322 g/mol. The molecule has 1 unspecified atom stereocenters. The molecule has 1 fully saturated rings. The molecule has 2 rings (SSSR count). The Morgan fingerprint density at radius 3 is 2.78 bits per heavy atom. The molecule has 0 saturated carbocycles. The highest BCUT2D eigenvalue weighted by Gasteiger charge is 2.35. The van der Waals surface area contributed by atoms with E-state index in [1.165, 1.54) is 12.1 Å². The summed E-state index contributed by atoms with van der Waals surface area (Å²) in [4.78, 5) is 10.2. The van der Waals surface area contributed by atoms with Crippen LogP contribution in [-0.4, -0.2) is 45.7 Å². The zero-order valence-electron chi connectivity index (χ0n) is 13.2. The summed E-state index contributed by atoms with van der Waals surface area (Å²) in [5.74, 6) is 0. The van der Waals surface area contributed by atoms with Crippen molar-refractivity contribution in [3.05, 3.63) is 33.9 Å². The van der Waals surface area contributed by atoms with Crippen molar-refractivity contribution in [3.8, 4) is 0 Å². The number of benzene rings is 1. The second-order valence-corrected chi connectivity index (χ2v) is 7.51. The Bertz CT molecular complexity index is 684. The van der Waals surface area contributed by atoms with E-state index in [1.807, 2.05) is 0 Å². The Balaban J connectivity index is 2.22. The van der Waals surface area contributed by atoms with Crippen molar-refractivity contribution in [1.82, 2.24) is 10.0 Å². The SMILES string of the molecule is COCC1(CNS(=O)(=O)c2cc([N+](=O)[O-])ccc2C)CCCN1. The number of nitrogens with zero attached hydrogens (tertiary/aromatic N) is 1. The van der Waals surface area contributed by atoms with Gasteiger partial charge in [0.1, 0.15) is 0 Å². The number of nitrogens with one attached hydrogen (secondary N) is 2. The van der Waals surface area contributed by atoms with Gasteiger partial charge in [-0.25, -0.2) is 13.1 Å². The van der Waals surface area contributed by atoms with Crippen LogP contribution < -0.4 is 10.0 Å². The second-order valence-electron chi connectivity index (χ2n) is 5.78. The molecule has 0 amide bonds. The van der Waals surface area contributed by atoms with Crippen LogP contribution in [0.4, 0.5) is 5.69 Å². The maximum atomic E-state index is 12.5. The van der Waals surface area contributed by atoms with Crippen LogP contribution in [0, 0.1) is 17.0 Å². The van der Waals surface area contributed by atoms with E-state index < -0.39 is 20.5 Å². The zero-order chi connectivity index (χ0) is 17.1. The standard InChI is InChI=1S/C14H21N3O5S/c1-11-4-5-12(17(18)19)8-13(11)23(20,21)16-9-14(10-22-2)6-3-7-15-14/h4-5,8,15-16H,3,6-7,9-10H2,1-2H3. The molecule has 0 aromatic heterocycles. The first kappa shape index (κ1) is 17.8. The Morgan fingerprint density at radius 1 is 1.48 bits per heavy atom. The largest absolute Gasteiger partial charge is 0.383 e. The van der Waals surface area contributed by atoms with Gasteiger partial charge in [0.2, 0.25) is 10.0 Å². The van der Waals surface area contributed by atoms with Gasteiger partial charge in [0.15, 0.2) is 0 Å². The van der Waals surface area contributed by atoms with Crippen molar-refractivity contribution in [1.29, 1.82) is 0 Å². The van der Waals surface area contributed by atoms with Crippen LogP contribution in [0.1, 0.15) is 18.4 Å². The summed E-state index contributed by atoms with van der Waals surface area (Å²) < 4.78 is 32.8. The van der Waals surface area contributed by atoms with Crippen molar-refractivity contribution in [3.63, 3.8) is 0 Å². The minimum Gasteiger partial charge on any atom is -0.383 e. The highest BCUT2D eigenvalue weighted by molar-refractivity contribution is 7.89. The molecule has 1 aliphatic rings. The van der Waals surface area contributed by atoms with Gasteiger partial charge in [-0.05, 0) is 31.9 Å². The van der Waals surface area contributed by atoms with Crippen LogP contribution in [0.2, 0.25) is 0 Å². The average molecular weight is 343 g/mol. The maximum absolute atomic E-state index is 12.5. The molecule has 9 heteroatoms. The van der Waals surface area contributed by atoms with Crippen molar-refractivity contribution in [2.45, 2.75) is 30.2 Å². The van der Waals surface area contributed by atoms with E-state index in [9.17, 15) is 18.5 Å². The summed E-state index contributed by atoms with van der Waals surface area (Å²) in [5, 5.41) is 14.1. The molecule has 23 heavy (non-hydrogen) atoms. The van der Waals surface area contributed by atoms with Crippen molar-refractivity contribution >= 4 is 15.7 Å². The van der Waals surface area contributed by atoms with Gasteiger partial charge in [-0.2, -0.15) is 0 Å². The predicted octanol–water partition coefficient (Wildman–Crippen LogP) is 0.950. The number of nitro groups is 1. The molecule has 128 valence electrons. The molecule has 0 bridgehead atoms. The molecular formula is C14H21N3O5S. The van der Waals surface area contributed by atoms with Gasteiger partial charge < -0.3 is 10.1 Å². The first-order valence-corrected chi connectivity index (χ1v) is 8.77. The third-order valence-electron chi connectivity index (χ3n) is 4.03. The summed E-state index contributed by atoms with van der Waals surface area (Å²) in [6.07, 6.45) is 1.75. The monoisotopic (exact) mass is 343 g/mol. The smallest absolute Gasteiger partial charge is 0.270 e. The Labute approximate surface area is 135 Å². The highest BCUT2D eigenvalue weighted by Crippen LogP contribution is 2.23. The summed E-state index contributed by atoms with van der Waals surface area (Å²) in [6.45, 7) is 2.98. The van der Waals surface area contributed by atoms with Gasteiger partial charge in [0.05, 0.1) is 22.0 Å². The summed E-state index contributed by atoms with van der Waals surface area (Å²) in [5.41, 5.74) is -0.221. The fourth-order valence-electron chi connectivity index (χ4n) is 2.77. The number of ether oxygens (including phenoxy) is 1. The molecule has 0 spiro atoms. The van der Waals surface area contributed by atoms with Gasteiger partial charge in [0.25, 0.3) is 5.69 Å². The second kappa shape index (κ2) is 6.91. The zero-order valence-corrected chi connectivity index (χ0v) is 14.0. The third kappa shape index (κ3) is 4.05. The molecule has 2 N–H and O–H groups in total. The average Bonchev–Trinajstić information content (AvgIpc) is 2.95. The number of hydrogen-bond donors (Lipinski definition) is 2. The number of aryl methyl sites for hydroxylation is 1. The van der Waals surface area contributed by atoms with Crippen LogP contribution >= 0.6 is 0 Å². The summed E-state index contributed by atoms with van der Waals surface area (Å²) in [6, 6.07) is 3.81. The van der Waals surface area contributed by atoms with E-state index in [-0.39, 0.29) is 17.1 Å². The lowest BCUT2D eigenvalue weighted by Gasteiger charge is -2.29. The quantitative estimate of drug-likeness (QED) is 0.563. The fraction of sp³-hybridized carbons (Fsp3) is 0.571. The van der Waals surface area contributed by atoms with Gasteiger partial charge in [0, 0.05) is 25.8 Å². The Morgan fingerprint density at radius 2 is 2.22 bits per heavy atom. The predicted molar refractivity (Wildman–Crippen MR) is 84.9 cm³/mol. The van der Waals surface area contributed by atoms with E-state index >= 15 is 0 Å². The minimum absolute atomic E-state index is 0.0720. The van der Waals surface area contributed by atoms with E-state index in [4.69, 9.17) is 4.74 Å². The number of nitro benzene ring substituents is 1. The third-order valence-corrected chi connectivity index (χ3v) is 5.57. The highest BCUT2D eigenvalue weighted by atomic mass is 32.2. The van der Waals surface area contributed by atoms with Gasteiger partial charge in [-0.3, -0.25) is 10.1 Å². The molecule has 8 nitrogen and oxygen atoms in total. The number of hydrogen-bond acceptors (Lipinski definition) is 6. The normalized spacial score (nSPS) is 21.5. The lowest BCUT2D eigenvalue weighted by Crippen LogP contribution is -2.52. The molecule has 1 atom stereocenters. The number of sulfonamides is 1. The lowest BCUT2D eigenvalue weighted by molar-refractivity contribution is -0.385. The van der Waals surface area contributed by atoms with Crippen molar-refractivity contribution < 1.29 is 18.1 Å². The molecule has 1 saturated heterocycles. The molecule has 1 aromatic rings. The van der Waals surface area contributed by atoms with Crippen LogP contribution in [0.15, 0.2) is 23.1 Å². The topological polar surface area (TPSA) is 111 Å². The number of methoxy groups -OCH3 is 1. The van der Waals surface area contributed by atoms with Crippen LogP contribution in [0.3, 0.4) is 0 Å². The van der Waals surface area contributed by atoms with Gasteiger partial charge in [-0.15, -0.1) is 0 Å². The fourth-order valence-corrected chi connectivity index (χ4v) is 4.16.